The Labute approximate surface area is 151 Å². The number of nitrogens with zero attached hydrogens (tertiary/aromatic N) is 1. The summed E-state index contributed by atoms with van der Waals surface area (Å²) in [7, 11) is 3.30. The molecule has 0 unspecified atom stereocenters. The minimum Gasteiger partial charge on any atom is -0.497 e. The van der Waals surface area contributed by atoms with Crippen molar-refractivity contribution in [3.8, 4) is 17.0 Å². The Kier molecular flexibility index (Phi) is 4.01. The van der Waals surface area contributed by atoms with E-state index in [-0.39, 0.29) is 5.91 Å². The normalized spacial score (nSPS) is 10.8. The first-order chi connectivity index (χ1) is 12.7. The number of methoxy groups -OCH3 is 1. The van der Waals surface area contributed by atoms with Gasteiger partial charge in [0.05, 0.1) is 23.9 Å². The first-order valence-electron chi connectivity index (χ1n) is 8.39. The molecular weight excluding hydrogens is 324 g/mol. The van der Waals surface area contributed by atoms with Crippen LogP contribution in [0.2, 0.25) is 0 Å². The van der Waals surface area contributed by atoms with Crippen LogP contribution in [-0.4, -0.2) is 25.0 Å². The maximum absolute atomic E-state index is 12.3. The number of benzene rings is 3. The predicted molar refractivity (Wildman–Crippen MR) is 105 cm³/mol. The maximum atomic E-state index is 12.3. The van der Waals surface area contributed by atoms with Crippen LogP contribution >= 0.6 is 0 Å². The maximum Gasteiger partial charge on any atom is 0.251 e. The van der Waals surface area contributed by atoms with E-state index in [1.807, 2.05) is 60.7 Å². The van der Waals surface area contributed by atoms with E-state index in [1.54, 1.807) is 14.2 Å². The fraction of sp³-hybridized carbons (Fsp3) is 0.0909. The Morgan fingerprint density at radius 1 is 0.962 bits per heavy atom. The average molecular weight is 342 g/mol. The lowest BCUT2D eigenvalue weighted by Crippen LogP contribution is -2.18. The molecule has 0 aliphatic carbocycles. The molecular formula is C22H18N2O2. The van der Waals surface area contributed by atoms with Gasteiger partial charge in [-0.3, -0.25) is 4.79 Å². The molecule has 1 amide bonds. The van der Waals surface area contributed by atoms with Gasteiger partial charge < -0.3 is 10.1 Å². The molecule has 26 heavy (non-hydrogen) atoms. The number of rotatable bonds is 3. The summed E-state index contributed by atoms with van der Waals surface area (Å²) in [6.45, 7) is 0. The minimum atomic E-state index is -0.115. The Morgan fingerprint density at radius 3 is 2.54 bits per heavy atom. The quantitative estimate of drug-likeness (QED) is 0.599. The highest BCUT2D eigenvalue weighted by molar-refractivity contribution is 6.07. The van der Waals surface area contributed by atoms with Crippen molar-refractivity contribution in [1.29, 1.82) is 0 Å². The van der Waals surface area contributed by atoms with Crippen molar-refractivity contribution in [3.05, 3.63) is 72.3 Å². The molecule has 0 saturated carbocycles. The largest absolute Gasteiger partial charge is 0.497 e. The van der Waals surface area contributed by atoms with Gasteiger partial charge in [-0.25, -0.2) is 4.98 Å². The molecule has 1 heterocycles. The van der Waals surface area contributed by atoms with Crippen LogP contribution in [0.5, 0.6) is 5.75 Å². The molecule has 0 aliphatic rings. The van der Waals surface area contributed by atoms with Crippen LogP contribution in [0.4, 0.5) is 0 Å². The number of nitrogens with one attached hydrogen (secondary N) is 1. The van der Waals surface area contributed by atoms with E-state index in [9.17, 15) is 4.79 Å². The number of carbonyl (C=O) groups is 1. The van der Waals surface area contributed by atoms with Gasteiger partial charge in [0.25, 0.3) is 5.91 Å². The van der Waals surface area contributed by atoms with Gasteiger partial charge in [0.15, 0.2) is 0 Å². The van der Waals surface area contributed by atoms with Crippen LogP contribution in [0.25, 0.3) is 32.9 Å². The van der Waals surface area contributed by atoms with Crippen LogP contribution in [0.1, 0.15) is 10.4 Å². The molecule has 0 aliphatic heterocycles. The summed E-state index contributed by atoms with van der Waals surface area (Å²) in [6, 6.07) is 21.7. The van der Waals surface area contributed by atoms with E-state index >= 15 is 0 Å². The first-order valence-corrected chi connectivity index (χ1v) is 8.39. The Balaban J connectivity index is 1.90. The highest BCUT2D eigenvalue weighted by atomic mass is 16.5. The molecule has 0 bridgehead atoms. The standard InChI is InChI=1S/C22H18N2O2/c1-23-22(25)19-13-21(24-20-6-4-3-5-18(19)20)16-8-7-15-12-17(26-2)10-9-14(15)11-16/h3-13H,1-2H3,(H,23,25). The molecule has 0 atom stereocenters. The molecule has 4 heteroatoms. The van der Waals surface area contributed by atoms with Crippen LogP contribution < -0.4 is 10.1 Å². The van der Waals surface area contributed by atoms with Gasteiger partial charge in [-0.05, 0) is 41.1 Å². The van der Waals surface area contributed by atoms with Crippen molar-refractivity contribution in [2.24, 2.45) is 0 Å². The third-order valence-electron chi connectivity index (χ3n) is 4.53. The first kappa shape index (κ1) is 16.1. The predicted octanol–water partition coefficient (Wildman–Crippen LogP) is 4.42. The molecule has 0 fully saturated rings. The van der Waals surface area contributed by atoms with Gasteiger partial charge in [-0.1, -0.05) is 36.4 Å². The van der Waals surface area contributed by atoms with Crippen molar-refractivity contribution in [3.63, 3.8) is 0 Å². The topological polar surface area (TPSA) is 51.2 Å². The van der Waals surface area contributed by atoms with E-state index in [0.717, 1.165) is 38.7 Å². The van der Waals surface area contributed by atoms with Gasteiger partial charge in [0, 0.05) is 18.0 Å². The van der Waals surface area contributed by atoms with E-state index < -0.39 is 0 Å². The summed E-state index contributed by atoms with van der Waals surface area (Å²) in [4.78, 5) is 17.1. The fourth-order valence-electron chi connectivity index (χ4n) is 3.16. The van der Waals surface area contributed by atoms with E-state index in [1.165, 1.54) is 0 Å². The van der Waals surface area contributed by atoms with Gasteiger partial charge >= 0.3 is 0 Å². The van der Waals surface area contributed by atoms with Crippen molar-refractivity contribution in [2.45, 2.75) is 0 Å². The van der Waals surface area contributed by atoms with E-state index in [2.05, 4.69) is 11.4 Å². The number of amides is 1. The second-order valence-corrected chi connectivity index (χ2v) is 6.08. The molecule has 4 aromatic rings. The molecule has 0 spiro atoms. The number of carbonyl (C=O) groups excluding carboxylic acids is 1. The number of para-hydroxylation sites is 1. The summed E-state index contributed by atoms with van der Waals surface area (Å²) in [5.74, 6) is 0.714. The van der Waals surface area contributed by atoms with Gasteiger partial charge in [0.2, 0.25) is 0 Å². The summed E-state index contributed by atoms with van der Waals surface area (Å²) >= 11 is 0. The fourth-order valence-corrected chi connectivity index (χ4v) is 3.16. The zero-order valence-electron chi connectivity index (χ0n) is 14.6. The summed E-state index contributed by atoms with van der Waals surface area (Å²) < 4.78 is 5.28. The lowest BCUT2D eigenvalue weighted by atomic mass is 10.0. The number of ether oxygens (including phenoxy) is 1. The van der Waals surface area contributed by atoms with E-state index in [4.69, 9.17) is 9.72 Å². The summed E-state index contributed by atoms with van der Waals surface area (Å²) in [5.41, 5.74) is 3.18. The zero-order valence-corrected chi connectivity index (χ0v) is 14.6. The Hall–Kier alpha value is -3.40. The van der Waals surface area contributed by atoms with Gasteiger partial charge in [-0.2, -0.15) is 0 Å². The van der Waals surface area contributed by atoms with Crippen LogP contribution in [0, 0.1) is 0 Å². The van der Waals surface area contributed by atoms with Crippen molar-refractivity contribution in [1.82, 2.24) is 10.3 Å². The second-order valence-electron chi connectivity index (χ2n) is 6.08. The third kappa shape index (κ3) is 2.75. The lowest BCUT2D eigenvalue weighted by molar-refractivity contribution is 0.0964. The summed E-state index contributed by atoms with van der Waals surface area (Å²) in [6.07, 6.45) is 0. The van der Waals surface area contributed by atoms with Crippen molar-refractivity contribution >= 4 is 27.6 Å². The monoisotopic (exact) mass is 342 g/mol. The molecule has 128 valence electrons. The van der Waals surface area contributed by atoms with Crippen molar-refractivity contribution in [2.75, 3.05) is 14.2 Å². The summed E-state index contributed by atoms with van der Waals surface area (Å²) in [5, 5.41) is 5.76. The molecule has 1 N–H and O–H groups in total. The SMILES string of the molecule is CNC(=O)c1cc(-c2ccc3cc(OC)ccc3c2)nc2ccccc12. The molecule has 0 saturated heterocycles. The number of aromatic nitrogens is 1. The Morgan fingerprint density at radius 2 is 1.73 bits per heavy atom. The highest BCUT2D eigenvalue weighted by Gasteiger charge is 2.13. The van der Waals surface area contributed by atoms with E-state index in [0.29, 0.717) is 5.56 Å². The number of fused-ring (bicyclic) bond motifs is 2. The van der Waals surface area contributed by atoms with Crippen molar-refractivity contribution < 1.29 is 9.53 Å². The highest BCUT2D eigenvalue weighted by Crippen LogP contribution is 2.29. The molecule has 3 aromatic carbocycles. The number of pyridine rings is 1. The average Bonchev–Trinajstić information content (AvgIpc) is 2.71. The molecule has 4 nitrogen and oxygen atoms in total. The Bertz CT molecular complexity index is 1140. The number of hydrogen-bond acceptors (Lipinski definition) is 3. The lowest BCUT2D eigenvalue weighted by Gasteiger charge is -2.10. The molecule has 1 aromatic heterocycles. The zero-order chi connectivity index (χ0) is 18.1. The van der Waals surface area contributed by atoms with Gasteiger partial charge in [0.1, 0.15) is 5.75 Å². The molecule has 4 rings (SSSR count). The van der Waals surface area contributed by atoms with Gasteiger partial charge in [-0.15, -0.1) is 0 Å². The van der Waals surface area contributed by atoms with Crippen LogP contribution in [0.3, 0.4) is 0 Å². The minimum absolute atomic E-state index is 0.115. The molecule has 0 radical (unpaired) electrons. The third-order valence-corrected chi connectivity index (χ3v) is 4.53. The number of hydrogen-bond donors (Lipinski definition) is 1. The van der Waals surface area contributed by atoms with Crippen LogP contribution in [0.15, 0.2) is 66.7 Å². The second kappa shape index (κ2) is 6.48. The smallest absolute Gasteiger partial charge is 0.251 e. The van der Waals surface area contributed by atoms with Crippen LogP contribution in [-0.2, 0) is 0 Å².